The molecule has 3 rings (SSSR count). The largest absolute Gasteiger partial charge is 0.489 e. The van der Waals surface area contributed by atoms with Gasteiger partial charge in [0, 0.05) is 6.07 Å². The molecule has 0 saturated carbocycles. The summed E-state index contributed by atoms with van der Waals surface area (Å²) < 4.78 is 31.8. The third-order valence-electron chi connectivity index (χ3n) is 3.69. The van der Waals surface area contributed by atoms with Crippen LogP contribution in [0.2, 0.25) is 0 Å². The van der Waals surface area contributed by atoms with Crippen LogP contribution in [-0.2, 0) is 4.79 Å². The van der Waals surface area contributed by atoms with E-state index in [0.717, 1.165) is 0 Å². The van der Waals surface area contributed by atoms with Crippen LogP contribution in [0, 0.1) is 11.6 Å². The van der Waals surface area contributed by atoms with Crippen LogP contribution in [0.15, 0.2) is 42.5 Å². The molecule has 1 atom stereocenters. The highest BCUT2D eigenvalue weighted by Gasteiger charge is 2.26. The molecule has 1 heterocycles. The predicted molar refractivity (Wildman–Crippen MR) is 80.2 cm³/mol. The first-order valence-corrected chi connectivity index (χ1v) is 7.21. The van der Waals surface area contributed by atoms with E-state index >= 15 is 0 Å². The first-order valence-electron chi connectivity index (χ1n) is 7.21. The van der Waals surface area contributed by atoms with Crippen molar-refractivity contribution in [2.24, 2.45) is 0 Å². The second kappa shape index (κ2) is 6.34. The zero-order valence-corrected chi connectivity index (χ0v) is 12.2. The van der Waals surface area contributed by atoms with E-state index < -0.39 is 17.7 Å². The summed E-state index contributed by atoms with van der Waals surface area (Å²) in [6, 6.07) is 9.44. The predicted octanol–water partition coefficient (Wildman–Crippen LogP) is 2.81. The minimum Gasteiger partial charge on any atom is -0.489 e. The Kier molecular flexibility index (Phi) is 4.25. The monoisotopic (exact) mass is 319 g/mol. The molecular weight excluding hydrogens is 304 g/mol. The lowest BCUT2D eigenvalue weighted by Gasteiger charge is -2.30. The number of amides is 1. The van der Waals surface area contributed by atoms with Crippen molar-refractivity contribution in [1.82, 2.24) is 0 Å². The van der Waals surface area contributed by atoms with Gasteiger partial charge < -0.3 is 14.7 Å². The molecule has 0 aliphatic carbocycles. The van der Waals surface area contributed by atoms with Crippen LogP contribution in [0.4, 0.5) is 14.5 Å². The number of aliphatic hydroxyl groups is 1. The van der Waals surface area contributed by atoms with E-state index in [1.54, 1.807) is 6.07 Å². The lowest BCUT2D eigenvalue weighted by Crippen LogP contribution is -2.38. The quantitative estimate of drug-likeness (QED) is 0.946. The SMILES string of the molecule is O=C(CC(O)c1cccc(F)c1)N1CCOc2cc(F)ccc21. The molecule has 0 fully saturated rings. The van der Waals surface area contributed by atoms with Crippen LogP contribution >= 0.6 is 0 Å². The number of halogens is 2. The van der Waals surface area contributed by atoms with Crippen molar-refractivity contribution in [1.29, 1.82) is 0 Å². The summed E-state index contributed by atoms with van der Waals surface area (Å²) in [4.78, 5) is 13.9. The molecule has 4 nitrogen and oxygen atoms in total. The smallest absolute Gasteiger partial charge is 0.230 e. The molecule has 1 N–H and O–H groups in total. The first kappa shape index (κ1) is 15.4. The topological polar surface area (TPSA) is 49.8 Å². The first-order chi connectivity index (χ1) is 11.0. The summed E-state index contributed by atoms with van der Waals surface area (Å²) in [5.41, 5.74) is 0.806. The Morgan fingerprint density at radius 2 is 2.00 bits per heavy atom. The van der Waals surface area contributed by atoms with Crippen molar-refractivity contribution in [3.8, 4) is 5.75 Å². The lowest BCUT2D eigenvalue weighted by molar-refractivity contribution is -0.120. The minimum absolute atomic E-state index is 0.194. The van der Waals surface area contributed by atoms with E-state index in [4.69, 9.17) is 4.74 Å². The fourth-order valence-corrected chi connectivity index (χ4v) is 2.56. The number of hydrogen-bond acceptors (Lipinski definition) is 3. The van der Waals surface area contributed by atoms with E-state index in [1.165, 1.54) is 41.3 Å². The van der Waals surface area contributed by atoms with Gasteiger partial charge in [-0.05, 0) is 29.8 Å². The summed E-state index contributed by atoms with van der Waals surface area (Å²) in [5, 5.41) is 10.1. The summed E-state index contributed by atoms with van der Waals surface area (Å²) in [5.74, 6) is -0.957. The van der Waals surface area contributed by atoms with E-state index in [-0.39, 0.29) is 18.9 Å². The molecule has 0 bridgehead atoms. The zero-order valence-electron chi connectivity index (χ0n) is 12.2. The number of carbonyl (C=O) groups is 1. The van der Waals surface area contributed by atoms with Gasteiger partial charge in [-0.15, -0.1) is 0 Å². The molecule has 2 aromatic carbocycles. The maximum Gasteiger partial charge on any atom is 0.230 e. The molecule has 120 valence electrons. The van der Waals surface area contributed by atoms with Crippen molar-refractivity contribution in [2.75, 3.05) is 18.1 Å². The van der Waals surface area contributed by atoms with Crippen LogP contribution in [0.25, 0.3) is 0 Å². The third-order valence-corrected chi connectivity index (χ3v) is 3.69. The number of aliphatic hydroxyl groups excluding tert-OH is 1. The molecule has 1 aliphatic heterocycles. The Labute approximate surface area is 131 Å². The van der Waals surface area contributed by atoms with Crippen molar-refractivity contribution < 1.29 is 23.4 Å². The van der Waals surface area contributed by atoms with Gasteiger partial charge in [-0.25, -0.2) is 8.78 Å². The van der Waals surface area contributed by atoms with Crippen molar-refractivity contribution >= 4 is 11.6 Å². The molecular formula is C17H15F2NO3. The molecule has 1 aliphatic rings. The van der Waals surface area contributed by atoms with Crippen molar-refractivity contribution in [3.05, 3.63) is 59.7 Å². The number of carbonyl (C=O) groups excluding carboxylic acids is 1. The highest BCUT2D eigenvalue weighted by molar-refractivity contribution is 5.95. The summed E-state index contributed by atoms with van der Waals surface area (Å²) in [7, 11) is 0. The molecule has 2 aromatic rings. The number of ether oxygens (including phenoxy) is 1. The summed E-state index contributed by atoms with van der Waals surface area (Å²) in [6.45, 7) is 0.561. The average molecular weight is 319 g/mol. The molecule has 6 heteroatoms. The normalized spacial score (nSPS) is 14.8. The van der Waals surface area contributed by atoms with Gasteiger partial charge in [0.25, 0.3) is 0 Å². The minimum atomic E-state index is -1.11. The Balaban J connectivity index is 1.77. The molecule has 1 amide bonds. The van der Waals surface area contributed by atoms with Crippen LogP contribution < -0.4 is 9.64 Å². The zero-order chi connectivity index (χ0) is 16.4. The van der Waals surface area contributed by atoms with Gasteiger partial charge in [0.2, 0.25) is 5.91 Å². The molecule has 0 radical (unpaired) electrons. The van der Waals surface area contributed by atoms with E-state index in [9.17, 15) is 18.7 Å². The van der Waals surface area contributed by atoms with Gasteiger partial charge in [0.15, 0.2) is 0 Å². The summed E-state index contributed by atoms with van der Waals surface area (Å²) >= 11 is 0. The van der Waals surface area contributed by atoms with E-state index in [1.807, 2.05) is 0 Å². The molecule has 0 aromatic heterocycles. The van der Waals surface area contributed by atoms with Crippen molar-refractivity contribution in [3.63, 3.8) is 0 Å². The Morgan fingerprint density at radius 3 is 2.78 bits per heavy atom. The lowest BCUT2D eigenvalue weighted by atomic mass is 10.1. The number of benzene rings is 2. The van der Waals surface area contributed by atoms with Gasteiger partial charge in [-0.3, -0.25) is 4.79 Å². The number of nitrogens with zero attached hydrogens (tertiary/aromatic N) is 1. The average Bonchev–Trinajstić information content (AvgIpc) is 2.53. The van der Waals surface area contributed by atoms with Gasteiger partial charge in [-0.1, -0.05) is 12.1 Å². The molecule has 23 heavy (non-hydrogen) atoms. The maximum absolute atomic E-state index is 13.2. The highest BCUT2D eigenvalue weighted by atomic mass is 19.1. The second-order valence-corrected chi connectivity index (χ2v) is 5.28. The van der Waals surface area contributed by atoms with E-state index in [2.05, 4.69) is 0 Å². The number of fused-ring (bicyclic) bond motifs is 1. The Bertz CT molecular complexity index is 736. The van der Waals surface area contributed by atoms with Crippen LogP contribution in [-0.4, -0.2) is 24.2 Å². The summed E-state index contributed by atoms with van der Waals surface area (Å²) in [6.07, 6.45) is -1.30. The van der Waals surface area contributed by atoms with Gasteiger partial charge in [0.1, 0.15) is 24.0 Å². The Hall–Kier alpha value is -2.47. The molecule has 0 saturated heterocycles. The maximum atomic E-state index is 13.2. The highest BCUT2D eigenvalue weighted by Crippen LogP contribution is 2.33. The van der Waals surface area contributed by atoms with Gasteiger partial charge >= 0.3 is 0 Å². The number of hydrogen-bond donors (Lipinski definition) is 1. The van der Waals surface area contributed by atoms with E-state index in [0.29, 0.717) is 23.5 Å². The Morgan fingerprint density at radius 1 is 1.22 bits per heavy atom. The van der Waals surface area contributed by atoms with Crippen LogP contribution in [0.3, 0.4) is 0 Å². The van der Waals surface area contributed by atoms with Gasteiger partial charge in [0.05, 0.1) is 24.8 Å². The molecule has 1 unspecified atom stereocenters. The number of rotatable bonds is 3. The second-order valence-electron chi connectivity index (χ2n) is 5.28. The van der Waals surface area contributed by atoms with Crippen molar-refractivity contribution in [2.45, 2.75) is 12.5 Å². The fraction of sp³-hybridized carbons (Fsp3) is 0.235. The van der Waals surface area contributed by atoms with Crippen LogP contribution in [0.5, 0.6) is 5.75 Å². The van der Waals surface area contributed by atoms with Crippen LogP contribution in [0.1, 0.15) is 18.1 Å². The molecule has 0 spiro atoms. The van der Waals surface area contributed by atoms with Gasteiger partial charge in [-0.2, -0.15) is 0 Å². The third kappa shape index (κ3) is 3.32. The standard InChI is InChI=1S/C17H15F2NO3/c18-12-3-1-2-11(8-12)15(21)10-17(22)20-6-7-23-16-9-13(19)4-5-14(16)20/h1-5,8-9,15,21H,6-7,10H2. The fourth-order valence-electron chi connectivity index (χ4n) is 2.56. The number of anilines is 1.